The Morgan fingerprint density at radius 3 is 2.25 bits per heavy atom. The van der Waals surface area contributed by atoms with Gasteiger partial charge in [0, 0.05) is 42.6 Å². The Labute approximate surface area is 146 Å². The zero-order valence-electron chi connectivity index (χ0n) is 16.0. The largest absolute Gasteiger partial charge is 0.305 e. The minimum Gasteiger partial charge on any atom is -0.305 e. The Bertz CT molecular complexity index is 679. The lowest BCUT2D eigenvalue weighted by Crippen LogP contribution is -2.19. The summed E-state index contributed by atoms with van der Waals surface area (Å²) in [7, 11) is 2.24. The average molecular weight is 326 g/mol. The van der Waals surface area contributed by atoms with E-state index in [1.165, 1.54) is 16.8 Å². The molecule has 1 aromatic heterocycles. The van der Waals surface area contributed by atoms with Crippen molar-refractivity contribution in [3.63, 3.8) is 0 Å². The van der Waals surface area contributed by atoms with Gasteiger partial charge in [0.2, 0.25) is 0 Å². The Hall–Kier alpha value is -1.61. The van der Waals surface area contributed by atoms with Crippen LogP contribution in [0.3, 0.4) is 0 Å². The van der Waals surface area contributed by atoms with Crippen LogP contribution >= 0.6 is 0 Å². The molecule has 24 heavy (non-hydrogen) atoms. The molecule has 0 bridgehead atoms. The van der Waals surface area contributed by atoms with E-state index in [1.54, 1.807) is 0 Å². The molecule has 2 aromatic rings. The number of likely N-dealkylation sites (tertiary alicyclic amines) is 1. The zero-order valence-corrected chi connectivity index (χ0v) is 16.0. The van der Waals surface area contributed by atoms with E-state index in [1.807, 2.05) is 0 Å². The smallest absolute Gasteiger partial charge is 0.0713 e. The third-order valence-corrected chi connectivity index (χ3v) is 5.13. The molecule has 3 heteroatoms. The van der Waals surface area contributed by atoms with Crippen molar-refractivity contribution in [1.82, 2.24) is 14.7 Å². The summed E-state index contributed by atoms with van der Waals surface area (Å²) in [6, 6.07) is 11.4. The predicted octanol–water partition coefficient (Wildman–Crippen LogP) is 4.57. The second-order valence-corrected chi connectivity index (χ2v) is 8.60. The predicted molar refractivity (Wildman–Crippen MR) is 101 cm³/mol. The first kappa shape index (κ1) is 17.2. The highest BCUT2D eigenvalue weighted by Gasteiger charge is 2.37. The van der Waals surface area contributed by atoms with Gasteiger partial charge in [-0.15, -0.1) is 0 Å². The van der Waals surface area contributed by atoms with Gasteiger partial charge in [-0.3, -0.25) is 4.68 Å². The number of likely N-dealkylation sites (N-methyl/N-ethyl adjacent to an activating group) is 1. The van der Waals surface area contributed by atoms with Crippen LogP contribution in [0.2, 0.25) is 0 Å². The third-order valence-electron chi connectivity index (χ3n) is 5.13. The topological polar surface area (TPSA) is 21.1 Å². The molecule has 2 atom stereocenters. The lowest BCUT2D eigenvalue weighted by Gasteiger charge is -2.23. The van der Waals surface area contributed by atoms with Crippen LogP contribution in [0.15, 0.2) is 36.5 Å². The molecular weight excluding hydrogens is 294 g/mol. The summed E-state index contributed by atoms with van der Waals surface area (Å²) in [5.41, 5.74) is 4.22. The van der Waals surface area contributed by atoms with E-state index in [0.29, 0.717) is 17.9 Å². The summed E-state index contributed by atoms with van der Waals surface area (Å²) < 4.78 is 2.15. The minimum absolute atomic E-state index is 0.0673. The lowest BCUT2D eigenvalue weighted by atomic mass is 9.79. The minimum atomic E-state index is 0.0673. The maximum Gasteiger partial charge on any atom is 0.0713 e. The molecule has 0 amide bonds. The van der Waals surface area contributed by atoms with Crippen molar-refractivity contribution in [1.29, 1.82) is 0 Å². The zero-order chi connectivity index (χ0) is 17.5. The first-order chi connectivity index (χ1) is 11.3. The number of rotatable bonds is 3. The maximum absolute atomic E-state index is 4.98. The van der Waals surface area contributed by atoms with Gasteiger partial charge in [0.25, 0.3) is 0 Å². The number of hydrogen-bond acceptors (Lipinski definition) is 2. The van der Waals surface area contributed by atoms with Crippen LogP contribution in [-0.2, 0) is 5.41 Å². The average Bonchev–Trinajstić information content (AvgIpc) is 3.11. The van der Waals surface area contributed by atoms with Crippen molar-refractivity contribution in [3.05, 3.63) is 53.3 Å². The van der Waals surface area contributed by atoms with Crippen LogP contribution in [0.25, 0.3) is 0 Å². The van der Waals surface area contributed by atoms with Gasteiger partial charge in [-0.25, -0.2) is 0 Å². The lowest BCUT2D eigenvalue weighted by molar-refractivity contribution is 0.407. The SMILES string of the molecule is CC(C)n1cc(C2CN(C)CC2c2ccccc2)c(C(C)(C)C)n1. The molecule has 0 saturated carbocycles. The normalized spacial score (nSPS) is 22.5. The van der Waals surface area contributed by atoms with Crippen LogP contribution in [0.5, 0.6) is 0 Å². The van der Waals surface area contributed by atoms with Gasteiger partial charge in [0.1, 0.15) is 0 Å². The Balaban J connectivity index is 2.06. The molecule has 0 aliphatic carbocycles. The monoisotopic (exact) mass is 325 g/mol. The fourth-order valence-electron chi connectivity index (χ4n) is 3.88. The molecule has 2 unspecified atom stereocenters. The second-order valence-electron chi connectivity index (χ2n) is 8.60. The number of hydrogen-bond donors (Lipinski definition) is 0. The molecule has 3 nitrogen and oxygen atoms in total. The van der Waals surface area contributed by atoms with E-state index in [0.717, 1.165) is 13.1 Å². The van der Waals surface area contributed by atoms with Crippen molar-refractivity contribution in [2.24, 2.45) is 0 Å². The van der Waals surface area contributed by atoms with E-state index in [4.69, 9.17) is 5.10 Å². The Morgan fingerprint density at radius 2 is 1.67 bits per heavy atom. The number of aromatic nitrogens is 2. The van der Waals surface area contributed by atoms with E-state index in [2.05, 4.69) is 87.8 Å². The van der Waals surface area contributed by atoms with Crippen LogP contribution < -0.4 is 0 Å². The molecular formula is C21H31N3. The fourth-order valence-corrected chi connectivity index (χ4v) is 3.88. The maximum atomic E-state index is 4.98. The summed E-state index contributed by atoms with van der Waals surface area (Å²) in [4.78, 5) is 2.46. The van der Waals surface area contributed by atoms with Crippen molar-refractivity contribution < 1.29 is 0 Å². The van der Waals surface area contributed by atoms with Gasteiger partial charge in [-0.05, 0) is 32.0 Å². The summed E-state index contributed by atoms with van der Waals surface area (Å²) in [6.45, 7) is 13.5. The number of benzene rings is 1. The molecule has 2 heterocycles. The van der Waals surface area contributed by atoms with Crippen molar-refractivity contribution in [3.8, 4) is 0 Å². The summed E-state index contributed by atoms with van der Waals surface area (Å²) in [5, 5.41) is 4.98. The molecule has 1 aromatic carbocycles. The van der Waals surface area contributed by atoms with Gasteiger partial charge in [-0.2, -0.15) is 5.10 Å². The van der Waals surface area contributed by atoms with E-state index < -0.39 is 0 Å². The van der Waals surface area contributed by atoms with Gasteiger partial charge in [-0.1, -0.05) is 51.1 Å². The fraction of sp³-hybridized carbons (Fsp3) is 0.571. The van der Waals surface area contributed by atoms with Crippen LogP contribution in [0, 0.1) is 0 Å². The van der Waals surface area contributed by atoms with Crippen molar-refractivity contribution >= 4 is 0 Å². The van der Waals surface area contributed by atoms with Crippen LogP contribution in [-0.4, -0.2) is 34.8 Å². The molecule has 130 valence electrons. The summed E-state index contributed by atoms with van der Waals surface area (Å²) >= 11 is 0. The van der Waals surface area contributed by atoms with E-state index in [-0.39, 0.29) is 5.41 Å². The first-order valence-corrected chi connectivity index (χ1v) is 9.10. The molecule has 3 rings (SSSR count). The van der Waals surface area contributed by atoms with E-state index in [9.17, 15) is 0 Å². The molecule has 0 N–H and O–H groups in total. The molecule has 1 saturated heterocycles. The molecule has 0 spiro atoms. The number of nitrogens with zero attached hydrogens (tertiary/aromatic N) is 3. The quantitative estimate of drug-likeness (QED) is 0.824. The summed E-state index contributed by atoms with van der Waals surface area (Å²) in [5.74, 6) is 1.06. The molecule has 1 fully saturated rings. The molecule has 0 radical (unpaired) electrons. The standard InChI is InChI=1S/C21H31N3/c1-15(2)24-14-19(20(22-24)21(3,4)5)18-13-23(6)12-17(18)16-10-8-7-9-11-16/h7-11,14-15,17-18H,12-13H2,1-6H3. The van der Waals surface area contributed by atoms with Crippen molar-refractivity contribution in [2.75, 3.05) is 20.1 Å². The second kappa shape index (κ2) is 6.36. The Morgan fingerprint density at radius 1 is 1.04 bits per heavy atom. The first-order valence-electron chi connectivity index (χ1n) is 9.10. The van der Waals surface area contributed by atoms with Gasteiger partial charge >= 0.3 is 0 Å². The van der Waals surface area contributed by atoms with Gasteiger partial charge in [0.05, 0.1) is 5.69 Å². The summed E-state index contributed by atoms with van der Waals surface area (Å²) in [6.07, 6.45) is 2.31. The Kier molecular flexibility index (Phi) is 4.56. The van der Waals surface area contributed by atoms with Crippen LogP contribution in [0.4, 0.5) is 0 Å². The van der Waals surface area contributed by atoms with Gasteiger partial charge in [0.15, 0.2) is 0 Å². The van der Waals surface area contributed by atoms with Crippen molar-refractivity contribution in [2.45, 2.75) is 57.9 Å². The highest BCUT2D eigenvalue weighted by Crippen LogP contribution is 2.42. The van der Waals surface area contributed by atoms with Gasteiger partial charge < -0.3 is 4.90 Å². The molecule has 1 aliphatic rings. The van der Waals surface area contributed by atoms with E-state index >= 15 is 0 Å². The van der Waals surface area contributed by atoms with Crippen LogP contribution in [0.1, 0.15) is 69.3 Å². The highest BCUT2D eigenvalue weighted by molar-refractivity contribution is 5.35. The third kappa shape index (κ3) is 3.27. The molecule has 1 aliphatic heterocycles. The highest BCUT2D eigenvalue weighted by atomic mass is 15.3.